The number of amides is 2. The second kappa shape index (κ2) is 7.13. The number of carbonyl (C=O) groups excluding carboxylic acids is 2. The van der Waals surface area contributed by atoms with Crippen LogP contribution in [0.2, 0.25) is 0 Å². The minimum Gasteiger partial charge on any atom is -0.445 e. The van der Waals surface area contributed by atoms with Crippen molar-refractivity contribution in [2.45, 2.75) is 5.09 Å². The largest absolute Gasteiger partial charge is 0.445 e. The fourth-order valence-corrected chi connectivity index (χ4v) is 2.20. The van der Waals surface area contributed by atoms with Gasteiger partial charge in [-0.25, -0.2) is 4.39 Å². The molecule has 22 heavy (non-hydrogen) atoms. The molecule has 1 aromatic carbocycles. The van der Waals surface area contributed by atoms with E-state index in [1.165, 1.54) is 48.0 Å². The number of carbonyl (C=O) groups is 2. The number of furan rings is 1. The maximum atomic E-state index is 13.4. The number of thioether (sulfide) groups is 1. The van der Waals surface area contributed by atoms with Crippen LogP contribution in [-0.4, -0.2) is 31.7 Å². The SMILES string of the molecule is CNC(=O)CN(C(=O)c1ccc(SC)o1)c1cccc(F)c1. The summed E-state index contributed by atoms with van der Waals surface area (Å²) in [6.07, 6.45) is 1.82. The van der Waals surface area contributed by atoms with Gasteiger partial charge in [0.25, 0.3) is 5.91 Å². The molecule has 0 fully saturated rings. The Hall–Kier alpha value is -2.28. The molecule has 0 unspecified atom stereocenters. The average molecular weight is 322 g/mol. The molecule has 0 saturated carbocycles. The van der Waals surface area contributed by atoms with Gasteiger partial charge >= 0.3 is 0 Å². The number of hydrogen-bond donors (Lipinski definition) is 1. The molecule has 2 rings (SSSR count). The first kappa shape index (κ1) is 16.1. The Labute approximate surface area is 131 Å². The minimum atomic E-state index is -0.505. The maximum Gasteiger partial charge on any atom is 0.294 e. The number of halogens is 1. The van der Waals surface area contributed by atoms with E-state index in [-0.39, 0.29) is 23.9 Å². The Morgan fingerprint density at radius 2 is 2.09 bits per heavy atom. The zero-order valence-corrected chi connectivity index (χ0v) is 12.9. The van der Waals surface area contributed by atoms with Crippen LogP contribution in [0.25, 0.3) is 0 Å². The Bertz CT molecular complexity index is 687. The third kappa shape index (κ3) is 3.67. The van der Waals surface area contributed by atoms with Gasteiger partial charge in [-0.05, 0) is 36.6 Å². The number of rotatable bonds is 5. The summed E-state index contributed by atoms with van der Waals surface area (Å²) in [6, 6.07) is 8.70. The van der Waals surface area contributed by atoms with E-state index in [0.29, 0.717) is 5.09 Å². The Kier molecular flexibility index (Phi) is 5.21. The van der Waals surface area contributed by atoms with Crippen LogP contribution in [0.3, 0.4) is 0 Å². The van der Waals surface area contributed by atoms with E-state index in [0.717, 1.165) is 0 Å². The highest BCUT2D eigenvalue weighted by Gasteiger charge is 2.23. The molecule has 5 nitrogen and oxygen atoms in total. The number of benzene rings is 1. The molecule has 0 bridgehead atoms. The highest BCUT2D eigenvalue weighted by molar-refractivity contribution is 7.98. The highest BCUT2D eigenvalue weighted by atomic mass is 32.2. The van der Waals surface area contributed by atoms with Gasteiger partial charge in [0.2, 0.25) is 5.91 Å². The standard InChI is InChI=1S/C15H15FN2O3S/c1-17-13(19)9-18(11-5-3-4-10(16)8-11)15(20)12-6-7-14(21-12)22-2/h3-8H,9H2,1-2H3,(H,17,19). The topological polar surface area (TPSA) is 62.6 Å². The van der Waals surface area contributed by atoms with Crippen molar-refractivity contribution in [2.24, 2.45) is 0 Å². The van der Waals surface area contributed by atoms with Crippen LogP contribution in [0.4, 0.5) is 10.1 Å². The molecule has 1 heterocycles. The maximum absolute atomic E-state index is 13.4. The third-order valence-electron chi connectivity index (χ3n) is 2.94. The fraction of sp³-hybridized carbons (Fsp3) is 0.200. The number of hydrogen-bond acceptors (Lipinski definition) is 4. The number of anilines is 1. The van der Waals surface area contributed by atoms with Gasteiger partial charge in [-0.1, -0.05) is 17.8 Å². The molecule has 2 aromatic rings. The summed E-state index contributed by atoms with van der Waals surface area (Å²) in [7, 11) is 1.47. The molecular weight excluding hydrogens is 307 g/mol. The lowest BCUT2D eigenvalue weighted by molar-refractivity contribution is -0.119. The Balaban J connectivity index is 2.34. The lowest BCUT2D eigenvalue weighted by Gasteiger charge is -2.21. The third-order valence-corrected chi connectivity index (χ3v) is 3.56. The molecule has 1 aromatic heterocycles. The van der Waals surface area contributed by atoms with Crippen molar-refractivity contribution in [2.75, 3.05) is 24.7 Å². The minimum absolute atomic E-state index is 0.0949. The van der Waals surface area contributed by atoms with Gasteiger partial charge in [0.1, 0.15) is 12.4 Å². The van der Waals surface area contributed by atoms with Crippen molar-refractivity contribution in [3.05, 3.63) is 48.0 Å². The highest BCUT2D eigenvalue weighted by Crippen LogP contribution is 2.22. The normalized spacial score (nSPS) is 10.3. The van der Waals surface area contributed by atoms with Crippen molar-refractivity contribution in [3.63, 3.8) is 0 Å². The molecule has 0 spiro atoms. The van der Waals surface area contributed by atoms with Crippen molar-refractivity contribution in [1.29, 1.82) is 0 Å². The van der Waals surface area contributed by atoms with Crippen molar-refractivity contribution in [1.82, 2.24) is 5.32 Å². The first-order valence-electron chi connectivity index (χ1n) is 6.47. The second-order valence-electron chi connectivity index (χ2n) is 4.37. The van der Waals surface area contributed by atoms with Crippen LogP contribution in [0, 0.1) is 5.82 Å². The van der Waals surface area contributed by atoms with Crippen molar-refractivity contribution < 1.29 is 18.4 Å². The molecule has 0 aliphatic rings. The van der Waals surface area contributed by atoms with Crippen LogP contribution < -0.4 is 10.2 Å². The van der Waals surface area contributed by atoms with Gasteiger partial charge in [0.05, 0.1) is 0 Å². The summed E-state index contributed by atoms with van der Waals surface area (Å²) in [5, 5.41) is 3.03. The number of likely N-dealkylation sites (N-methyl/N-ethyl adjacent to an activating group) is 1. The summed E-state index contributed by atoms with van der Waals surface area (Å²) in [6.45, 7) is -0.228. The Morgan fingerprint density at radius 3 is 2.68 bits per heavy atom. The molecule has 7 heteroatoms. The predicted molar refractivity (Wildman–Crippen MR) is 82.6 cm³/mol. The molecule has 0 atom stereocenters. The predicted octanol–water partition coefficient (Wildman–Crippen LogP) is 2.53. The van der Waals surface area contributed by atoms with Crippen LogP contribution in [0.5, 0.6) is 0 Å². The molecule has 0 radical (unpaired) electrons. The number of nitrogens with zero attached hydrogens (tertiary/aromatic N) is 1. The van der Waals surface area contributed by atoms with Crippen molar-refractivity contribution >= 4 is 29.3 Å². The molecule has 2 amide bonds. The molecule has 0 aliphatic heterocycles. The quantitative estimate of drug-likeness (QED) is 0.859. The fourth-order valence-electron chi connectivity index (χ4n) is 1.82. The molecular formula is C15H15FN2O3S. The van der Waals surface area contributed by atoms with Gasteiger partial charge in [-0.2, -0.15) is 0 Å². The van der Waals surface area contributed by atoms with E-state index in [9.17, 15) is 14.0 Å². The zero-order valence-electron chi connectivity index (χ0n) is 12.1. The summed E-state index contributed by atoms with van der Waals surface area (Å²) in [4.78, 5) is 25.4. The first-order valence-corrected chi connectivity index (χ1v) is 7.69. The van der Waals surface area contributed by atoms with E-state index in [4.69, 9.17) is 4.42 Å². The lowest BCUT2D eigenvalue weighted by atomic mass is 10.2. The van der Waals surface area contributed by atoms with Gasteiger partial charge in [-0.15, -0.1) is 0 Å². The van der Waals surface area contributed by atoms with Crippen LogP contribution in [-0.2, 0) is 4.79 Å². The summed E-state index contributed by atoms with van der Waals surface area (Å²) >= 11 is 1.36. The molecule has 1 N–H and O–H groups in total. The summed E-state index contributed by atoms with van der Waals surface area (Å²) in [5.74, 6) is -1.27. The van der Waals surface area contributed by atoms with Gasteiger partial charge in [0.15, 0.2) is 10.9 Å². The molecule has 116 valence electrons. The lowest BCUT2D eigenvalue weighted by Crippen LogP contribution is -2.39. The van der Waals surface area contributed by atoms with Gasteiger partial charge in [0, 0.05) is 12.7 Å². The van der Waals surface area contributed by atoms with E-state index in [1.54, 1.807) is 12.1 Å². The van der Waals surface area contributed by atoms with E-state index >= 15 is 0 Å². The van der Waals surface area contributed by atoms with Crippen LogP contribution in [0.15, 0.2) is 45.9 Å². The second-order valence-corrected chi connectivity index (χ2v) is 5.18. The zero-order chi connectivity index (χ0) is 16.1. The Morgan fingerprint density at radius 1 is 1.32 bits per heavy atom. The van der Waals surface area contributed by atoms with Crippen LogP contribution >= 0.6 is 11.8 Å². The smallest absolute Gasteiger partial charge is 0.294 e. The average Bonchev–Trinajstić information content (AvgIpc) is 3.00. The summed E-state index contributed by atoms with van der Waals surface area (Å²) < 4.78 is 18.8. The molecule has 0 saturated heterocycles. The monoisotopic (exact) mass is 322 g/mol. The van der Waals surface area contributed by atoms with Gasteiger partial charge < -0.3 is 9.73 Å². The van der Waals surface area contributed by atoms with Gasteiger partial charge in [-0.3, -0.25) is 14.5 Å². The molecule has 0 aliphatic carbocycles. The van der Waals surface area contributed by atoms with E-state index < -0.39 is 11.7 Å². The van der Waals surface area contributed by atoms with E-state index in [2.05, 4.69) is 5.32 Å². The van der Waals surface area contributed by atoms with Crippen LogP contribution in [0.1, 0.15) is 10.6 Å². The van der Waals surface area contributed by atoms with E-state index in [1.807, 2.05) is 6.26 Å². The summed E-state index contributed by atoms with van der Waals surface area (Å²) in [5.41, 5.74) is 0.288. The van der Waals surface area contributed by atoms with Crippen molar-refractivity contribution in [3.8, 4) is 0 Å². The first-order chi connectivity index (χ1) is 10.5. The number of nitrogens with one attached hydrogen (secondary N) is 1.